The van der Waals surface area contributed by atoms with Crippen LogP contribution in [0.1, 0.15) is 15.9 Å². The van der Waals surface area contributed by atoms with Crippen LogP contribution in [0.2, 0.25) is 0 Å². The van der Waals surface area contributed by atoms with Crippen molar-refractivity contribution in [2.75, 3.05) is 20.7 Å². The molecule has 0 saturated heterocycles. The number of rotatable bonds is 5. The lowest BCUT2D eigenvalue weighted by Crippen LogP contribution is -2.40. The Morgan fingerprint density at radius 2 is 1.85 bits per heavy atom. The zero-order valence-electron chi connectivity index (χ0n) is 11.3. The fraction of sp³-hybridized carbons (Fsp3) is 0.308. The van der Waals surface area contributed by atoms with Gasteiger partial charge in [0.2, 0.25) is 0 Å². The lowest BCUT2D eigenvalue weighted by Gasteiger charge is -2.16. The summed E-state index contributed by atoms with van der Waals surface area (Å²) in [6.45, 7) is 0.102. The van der Waals surface area contributed by atoms with Crippen molar-refractivity contribution in [2.24, 2.45) is 0 Å². The molecule has 7 heteroatoms. The number of likely N-dealkylation sites (N-methyl/N-ethyl adjacent to an activating group) is 1. The number of esters is 1. The van der Waals surface area contributed by atoms with Crippen LogP contribution in [0.5, 0.6) is 0 Å². The van der Waals surface area contributed by atoms with Crippen LogP contribution in [0.15, 0.2) is 24.3 Å². The number of hydrogen-bond acceptors (Lipinski definition) is 4. The summed E-state index contributed by atoms with van der Waals surface area (Å²) in [6.07, 6.45) is 0. The maximum absolute atomic E-state index is 11.7. The number of nitrogens with one attached hydrogen (secondary N) is 1. The third-order valence-electron chi connectivity index (χ3n) is 2.59. The van der Waals surface area contributed by atoms with E-state index in [0.717, 1.165) is 5.56 Å². The molecule has 0 unspecified atom stereocenters. The summed E-state index contributed by atoms with van der Waals surface area (Å²) < 4.78 is 4.45. The van der Waals surface area contributed by atoms with Gasteiger partial charge in [-0.3, -0.25) is 4.79 Å². The van der Waals surface area contributed by atoms with Gasteiger partial charge < -0.3 is 20.1 Å². The molecule has 2 amide bonds. The number of aromatic carboxylic acids is 1. The van der Waals surface area contributed by atoms with E-state index in [1.807, 2.05) is 0 Å². The van der Waals surface area contributed by atoms with Crippen molar-refractivity contribution < 1.29 is 24.2 Å². The first kappa shape index (κ1) is 15.5. The largest absolute Gasteiger partial charge is 0.478 e. The van der Waals surface area contributed by atoms with Crippen LogP contribution in [0, 0.1) is 0 Å². The first-order valence-electron chi connectivity index (χ1n) is 5.82. The zero-order valence-corrected chi connectivity index (χ0v) is 11.3. The average Bonchev–Trinajstić information content (AvgIpc) is 2.44. The summed E-state index contributed by atoms with van der Waals surface area (Å²) in [5, 5.41) is 11.4. The maximum atomic E-state index is 11.7. The number of methoxy groups -OCH3 is 1. The van der Waals surface area contributed by atoms with Crippen LogP contribution in [-0.4, -0.2) is 48.7 Å². The van der Waals surface area contributed by atoms with Gasteiger partial charge in [0, 0.05) is 13.6 Å². The molecule has 1 rings (SSSR count). The second-order valence-corrected chi connectivity index (χ2v) is 4.09. The first-order chi connectivity index (χ1) is 9.43. The van der Waals surface area contributed by atoms with Crippen molar-refractivity contribution >= 4 is 18.0 Å². The molecule has 1 aromatic carbocycles. The summed E-state index contributed by atoms with van der Waals surface area (Å²) in [6, 6.07) is 5.73. The number of carbonyl (C=O) groups excluding carboxylic acids is 2. The van der Waals surface area contributed by atoms with Gasteiger partial charge in [0.1, 0.15) is 6.54 Å². The summed E-state index contributed by atoms with van der Waals surface area (Å²) in [7, 11) is 2.72. The van der Waals surface area contributed by atoms with E-state index in [4.69, 9.17) is 5.11 Å². The van der Waals surface area contributed by atoms with Crippen LogP contribution < -0.4 is 5.32 Å². The van der Waals surface area contributed by atoms with Gasteiger partial charge in [-0.2, -0.15) is 0 Å². The average molecular weight is 280 g/mol. The topological polar surface area (TPSA) is 95.9 Å². The molecule has 0 bridgehead atoms. The molecule has 0 heterocycles. The van der Waals surface area contributed by atoms with Gasteiger partial charge in [-0.15, -0.1) is 0 Å². The minimum atomic E-state index is -1.00. The van der Waals surface area contributed by atoms with Gasteiger partial charge in [-0.25, -0.2) is 9.59 Å². The molecule has 20 heavy (non-hydrogen) atoms. The van der Waals surface area contributed by atoms with E-state index < -0.39 is 18.0 Å². The van der Waals surface area contributed by atoms with Crippen LogP contribution in [-0.2, 0) is 16.1 Å². The second-order valence-electron chi connectivity index (χ2n) is 4.09. The van der Waals surface area contributed by atoms with Crippen molar-refractivity contribution in [1.29, 1.82) is 0 Å². The molecular formula is C13H16N2O5. The first-order valence-corrected chi connectivity index (χ1v) is 5.82. The van der Waals surface area contributed by atoms with Gasteiger partial charge >= 0.3 is 18.0 Å². The minimum absolute atomic E-state index is 0.139. The predicted molar refractivity (Wildman–Crippen MR) is 70.3 cm³/mol. The number of ether oxygens (including phenoxy) is 1. The molecule has 0 aliphatic heterocycles. The second kappa shape index (κ2) is 7.13. The lowest BCUT2D eigenvalue weighted by atomic mass is 10.1. The van der Waals surface area contributed by atoms with Crippen LogP contribution >= 0.6 is 0 Å². The van der Waals surface area contributed by atoms with E-state index in [-0.39, 0.29) is 18.7 Å². The third kappa shape index (κ3) is 4.60. The standard InChI is InChI=1S/C13H16N2O5/c1-15(8-11(16)20-2)13(19)14-7-9-3-5-10(6-4-9)12(17)18/h3-6H,7-8H2,1-2H3,(H,14,19)(H,17,18). The number of benzene rings is 1. The van der Waals surface area contributed by atoms with E-state index >= 15 is 0 Å². The fourth-order valence-electron chi connectivity index (χ4n) is 1.41. The van der Waals surface area contributed by atoms with Crippen molar-refractivity contribution in [3.8, 4) is 0 Å². The molecule has 0 spiro atoms. The Bertz CT molecular complexity index is 498. The quantitative estimate of drug-likeness (QED) is 0.774. The molecule has 0 aliphatic rings. The van der Waals surface area contributed by atoms with E-state index in [2.05, 4.69) is 10.1 Å². The fourth-order valence-corrected chi connectivity index (χ4v) is 1.41. The van der Waals surface area contributed by atoms with E-state index in [1.54, 1.807) is 12.1 Å². The lowest BCUT2D eigenvalue weighted by molar-refractivity contribution is -0.141. The number of nitrogens with zero attached hydrogens (tertiary/aromatic N) is 1. The molecule has 7 nitrogen and oxygen atoms in total. The molecule has 0 atom stereocenters. The molecule has 0 aliphatic carbocycles. The number of carboxylic acids is 1. The predicted octanol–water partition coefficient (Wildman–Crippen LogP) is 0.699. The van der Waals surface area contributed by atoms with Crippen LogP contribution in [0.3, 0.4) is 0 Å². The number of hydrogen-bond donors (Lipinski definition) is 2. The Labute approximate surface area is 116 Å². The Balaban J connectivity index is 2.48. The minimum Gasteiger partial charge on any atom is -0.478 e. The Morgan fingerprint density at radius 1 is 1.25 bits per heavy atom. The van der Waals surface area contributed by atoms with Crippen molar-refractivity contribution in [1.82, 2.24) is 10.2 Å². The highest BCUT2D eigenvalue weighted by Crippen LogP contribution is 2.04. The Kier molecular flexibility index (Phi) is 5.52. The number of amides is 2. The molecule has 0 fully saturated rings. The normalized spacial score (nSPS) is 9.70. The zero-order chi connectivity index (χ0) is 15.1. The van der Waals surface area contributed by atoms with E-state index in [1.165, 1.54) is 31.2 Å². The van der Waals surface area contributed by atoms with Gasteiger partial charge in [-0.05, 0) is 17.7 Å². The van der Waals surface area contributed by atoms with Crippen molar-refractivity contribution in [3.05, 3.63) is 35.4 Å². The van der Waals surface area contributed by atoms with Crippen molar-refractivity contribution in [2.45, 2.75) is 6.54 Å². The van der Waals surface area contributed by atoms with Gasteiger partial charge in [-0.1, -0.05) is 12.1 Å². The summed E-state index contributed by atoms with van der Waals surface area (Å²) >= 11 is 0. The SMILES string of the molecule is COC(=O)CN(C)C(=O)NCc1ccc(C(=O)O)cc1. The van der Waals surface area contributed by atoms with Gasteiger partial charge in [0.15, 0.2) is 0 Å². The molecule has 2 N–H and O–H groups in total. The highest BCUT2D eigenvalue weighted by molar-refractivity contribution is 5.87. The molecule has 108 valence electrons. The summed E-state index contributed by atoms with van der Waals surface area (Å²) in [5.74, 6) is -1.51. The number of carbonyl (C=O) groups is 3. The molecule has 1 aromatic rings. The number of urea groups is 1. The smallest absolute Gasteiger partial charge is 0.335 e. The Hall–Kier alpha value is -2.57. The third-order valence-corrected chi connectivity index (χ3v) is 2.59. The van der Waals surface area contributed by atoms with Crippen LogP contribution in [0.25, 0.3) is 0 Å². The van der Waals surface area contributed by atoms with Crippen LogP contribution in [0.4, 0.5) is 4.79 Å². The monoisotopic (exact) mass is 280 g/mol. The molecule has 0 radical (unpaired) electrons. The molecular weight excluding hydrogens is 264 g/mol. The van der Waals surface area contributed by atoms with E-state index in [0.29, 0.717) is 0 Å². The molecule has 0 aromatic heterocycles. The van der Waals surface area contributed by atoms with E-state index in [9.17, 15) is 14.4 Å². The van der Waals surface area contributed by atoms with Crippen molar-refractivity contribution in [3.63, 3.8) is 0 Å². The summed E-state index contributed by atoms with van der Waals surface area (Å²) in [4.78, 5) is 34.5. The molecule has 0 saturated carbocycles. The highest BCUT2D eigenvalue weighted by Gasteiger charge is 2.12. The highest BCUT2D eigenvalue weighted by atomic mass is 16.5. The summed E-state index contributed by atoms with van der Waals surface area (Å²) in [5.41, 5.74) is 0.942. The van der Waals surface area contributed by atoms with Gasteiger partial charge in [0.05, 0.1) is 12.7 Å². The Morgan fingerprint density at radius 3 is 2.35 bits per heavy atom. The van der Waals surface area contributed by atoms with Gasteiger partial charge in [0.25, 0.3) is 0 Å². The number of carboxylic acid groups (broad SMARTS) is 1. The maximum Gasteiger partial charge on any atom is 0.335 e.